The van der Waals surface area contributed by atoms with Gasteiger partial charge in [0.1, 0.15) is 18.0 Å². The normalized spacial score (nSPS) is 15.5. The molecule has 0 radical (unpaired) electrons. The Labute approximate surface area is 265 Å². The fourth-order valence-corrected chi connectivity index (χ4v) is 5.67. The van der Waals surface area contributed by atoms with Crippen molar-refractivity contribution in [2.45, 2.75) is 31.7 Å². The monoisotopic (exact) mass is 656 g/mol. The van der Waals surface area contributed by atoms with Gasteiger partial charge in [-0.25, -0.2) is 19.5 Å². The molecule has 1 saturated heterocycles. The summed E-state index contributed by atoms with van der Waals surface area (Å²) in [5, 5.41) is 7.18. The van der Waals surface area contributed by atoms with E-state index in [0.29, 0.717) is 69.9 Å². The Morgan fingerprint density at radius 1 is 1.11 bits per heavy atom. The minimum atomic E-state index is -4.50. The molecule has 1 aliphatic heterocycles. The van der Waals surface area contributed by atoms with Gasteiger partial charge in [0, 0.05) is 34.6 Å². The van der Waals surface area contributed by atoms with E-state index >= 15 is 0 Å². The number of likely N-dealkylation sites (tertiary alicyclic amines) is 1. The summed E-state index contributed by atoms with van der Waals surface area (Å²) in [4.78, 5) is 46.0. The Balaban J connectivity index is 1.20. The molecule has 4 N–H and O–H groups in total. The molecule has 4 aromatic rings. The van der Waals surface area contributed by atoms with Gasteiger partial charge in [-0.3, -0.25) is 14.2 Å². The number of amides is 1. The lowest BCUT2D eigenvalue weighted by Crippen LogP contribution is -2.43. The number of pyridine rings is 1. The predicted octanol–water partition coefficient (Wildman–Crippen LogP) is 5.42. The van der Waals surface area contributed by atoms with Crippen molar-refractivity contribution < 1.29 is 33.1 Å². The van der Waals surface area contributed by atoms with Crippen LogP contribution < -0.4 is 20.1 Å². The number of phosphoric acid groups is 1. The largest absolute Gasteiger partial charge is 0.493 e. The quantitative estimate of drug-likeness (QED) is 0.107. The number of rotatable bonds is 13. The topological polar surface area (TPSA) is 168 Å². The highest BCUT2D eigenvalue weighted by molar-refractivity contribution is 7.46. The molecule has 1 unspecified atom stereocenters. The number of anilines is 3. The zero-order valence-corrected chi connectivity index (χ0v) is 26.2. The highest BCUT2D eigenvalue weighted by Gasteiger charge is 2.25. The lowest BCUT2D eigenvalue weighted by molar-refractivity contribution is 0.0783. The van der Waals surface area contributed by atoms with Gasteiger partial charge < -0.3 is 29.9 Å². The van der Waals surface area contributed by atoms with E-state index in [1.807, 2.05) is 0 Å². The van der Waals surface area contributed by atoms with Gasteiger partial charge in [0.05, 0.1) is 37.7 Å². The number of fused-ring (bicyclic) bond motifs is 1. The molecule has 0 aliphatic carbocycles. The molecule has 45 heavy (non-hydrogen) atoms. The highest BCUT2D eigenvalue weighted by Crippen LogP contribution is 2.37. The van der Waals surface area contributed by atoms with Crippen LogP contribution in [0.3, 0.4) is 0 Å². The molecule has 15 heteroatoms. The maximum atomic E-state index is 12.5. The number of aromatic nitrogens is 3. The zero-order valence-electron chi connectivity index (χ0n) is 24.6. The van der Waals surface area contributed by atoms with E-state index in [1.54, 1.807) is 61.8 Å². The summed E-state index contributed by atoms with van der Waals surface area (Å²) >= 11 is 5.99. The van der Waals surface area contributed by atoms with Crippen LogP contribution in [0.5, 0.6) is 11.5 Å². The number of ether oxygens (including phenoxy) is 2. The second kappa shape index (κ2) is 15.0. The number of carbonyl (C=O) groups excluding carboxylic acids is 1. The van der Waals surface area contributed by atoms with Gasteiger partial charge in [0.15, 0.2) is 11.5 Å². The summed E-state index contributed by atoms with van der Waals surface area (Å²) in [6.07, 6.45) is 6.59. The lowest BCUT2D eigenvalue weighted by atomic mass is 10.0. The Hall–Kier alpha value is -3.84. The summed E-state index contributed by atoms with van der Waals surface area (Å²) in [5.74, 6) is 1.66. The lowest BCUT2D eigenvalue weighted by Gasteiger charge is -2.35. The number of benzene rings is 2. The number of halogens is 1. The average molecular weight is 657 g/mol. The van der Waals surface area contributed by atoms with E-state index in [2.05, 4.69) is 30.5 Å². The standard InChI is InChI=1S/C30H34ClN6O7P/c1-42-26-15-24-25(16-27(26)43-13-5-12-37-11-3-2-8-23(37)18-44-45(39,40)41)33-19-34-29(24)35-22-9-10-28(32-17-22)36-30(38)20-6-4-7-21(31)14-20/h4,6-7,9-10,14-17,19,23H,2-3,5,8,11-13,18H2,1H3,(H,32,36,38)(H,33,34,35)(H2,39,40,41). The molecule has 0 saturated carbocycles. The van der Waals surface area contributed by atoms with Gasteiger partial charge in [-0.05, 0) is 62.2 Å². The van der Waals surface area contributed by atoms with Crippen molar-refractivity contribution in [1.82, 2.24) is 19.9 Å². The molecule has 3 heterocycles. The number of methoxy groups -OCH3 is 1. The summed E-state index contributed by atoms with van der Waals surface area (Å²) < 4.78 is 27.6. The fourth-order valence-electron chi connectivity index (χ4n) is 5.11. The summed E-state index contributed by atoms with van der Waals surface area (Å²) in [6.45, 7) is 1.96. The van der Waals surface area contributed by atoms with Crippen LogP contribution in [0.25, 0.3) is 10.9 Å². The van der Waals surface area contributed by atoms with Crippen LogP contribution >= 0.6 is 19.4 Å². The molecule has 0 spiro atoms. The van der Waals surface area contributed by atoms with Gasteiger partial charge in [-0.15, -0.1) is 0 Å². The maximum Gasteiger partial charge on any atom is 0.469 e. The number of hydrogen-bond acceptors (Lipinski definition) is 10. The van der Waals surface area contributed by atoms with Crippen molar-refractivity contribution >= 4 is 53.6 Å². The molecular formula is C30H34ClN6O7P. The van der Waals surface area contributed by atoms with Crippen LogP contribution in [-0.2, 0) is 9.09 Å². The maximum absolute atomic E-state index is 12.5. The summed E-state index contributed by atoms with van der Waals surface area (Å²) in [5.41, 5.74) is 1.72. The molecule has 5 rings (SSSR count). The van der Waals surface area contributed by atoms with Crippen LogP contribution in [0.4, 0.5) is 17.3 Å². The molecule has 238 valence electrons. The van der Waals surface area contributed by atoms with Crippen LogP contribution in [-0.4, -0.2) is 75.0 Å². The molecule has 13 nitrogen and oxygen atoms in total. The van der Waals surface area contributed by atoms with E-state index in [4.69, 9.17) is 35.4 Å². The molecule has 0 bridgehead atoms. The second-order valence-corrected chi connectivity index (χ2v) is 12.1. The van der Waals surface area contributed by atoms with Gasteiger partial charge >= 0.3 is 7.82 Å². The van der Waals surface area contributed by atoms with E-state index in [9.17, 15) is 9.36 Å². The Kier molecular flexibility index (Phi) is 10.8. The third-order valence-corrected chi connectivity index (χ3v) is 8.03. The van der Waals surface area contributed by atoms with Crippen molar-refractivity contribution in [1.29, 1.82) is 0 Å². The summed E-state index contributed by atoms with van der Waals surface area (Å²) in [6, 6.07) is 13.7. The van der Waals surface area contributed by atoms with Crippen molar-refractivity contribution in [3.8, 4) is 11.5 Å². The van der Waals surface area contributed by atoms with E-state index in [-0.39, 0.29) is 18.6 Å². The minimum absolute atomic E-state index is 0.000450. The molecule has 1 fully saturated rings. The molecular weight excluding hydrogens is 623 g/mol. The Morgan fingerprint density at radius 3 is 2.73 bits per heavy atom. The Bertz CT molecular complexity index is 1670. The van der Waals surface area contributed by atoms with Crippen molar-refractivity contribution in [3.05, 3.63) is 71.6 Å². The van der Waals surface area contributed by atoms with E-state index in [0.717, 1.165) is 25.8 Å². The van der Waals surface area contributed by atoms with Crippen LogP contribution in [0, 0.1) is 0 Å². The van der Waals surface area contributed by atoms with Gasteiger partial charge in [0.2, 0.25) is 0 Å². The number of nitrogens with one attached hydrogen (secondary N) is 2. The fraction of sp³-hybridized carbons (Fsp3) is 0.333. The first-order chi connectivity index (χ1) is 21.7. The smallest absolute Gasteiger partial charge is 0.469 e. The van der Waals surface area contributed by atoms with Crippen LogP contribution in [0.2, 0.25) is 5.02 Å². The van der Waals surface area contributed by atoms with E-state index < -0.39 is 7.82 Å². The zero-order chi connectivity index (χ0) is 31.8. The van der Waals surface area contributed by atoms with Crippen LogP contribution in [0.1, 0.15) is 36.0 Å². The average Bonchev–Trinajstić information content (AvgIpc) is 3.03. The van der Waals surface area contributed by atoms with Crippen molar-refractivity contribution in [2.24, 2.45) is 0 Å². The number of hydrogen-bond donors (Lipinski definition) is 4. The molecule has 2 aromatic carbocycles. The van der Waals surface area contributed by atoms with Crippen molar-refractivity contribution in [3.63, 3.8) is 0 Å². The first kappa shape index (κ1) is 32.6. The third kappa shape index (κ3) is 9.10. The number of carbonyl (C=O) groups is 1. The van der Waals surface area contributed by atoms with E-state index in [1.165, 1.54) is 6.33 Å². The van der Waals surface area contributed by atoms with Gasteiger partial charge in [-0.1, -0.05) is 24.1 Å². The van der Waals surface area contributed by atoms with Crippen LogP contribution in [0.15, 0.2) is 61.1 Å². The Morgan fingerprint density at radius 2 is 1.98 bits per heavy atom. The molecule has 2 aromatic heterocycles. The summed E-state index contributed by atoms with van der Waals surface area (Å²) in [7, 11) is -2.94. The number of nitrogens with zero attached hydrogens (tertiary/aromatic N) is 4. The first-order valence-electron chi connectivity index (χ1n) is 14.4. The highest BCUT2D eigenvalue weighted by atomic mass is 35.5. The SMILES string of the molecule is COc1cc2c(Nc3ccc(NC(=O)c4cccc(Cl)c4)nc3)ncnc2cc1OCCCN1CCCCC1COP(=O)(O)O. The second-order valence-electron chi connectivity index (χ2n) is 10.4. The molecule has 1 aliphatic rings. The van der Waals surface area contributed by atoms with Crippen molar-refractivity contribution in [2.75, 3.05) is 44.0 Å². The number of phosphoric ester groups is 1. The first-order valence-corrected chi connectivity index (χ1v) is 16.3. The predicted molar refractivity (Wildman–Crippen MR) is 170 cm³/mol. The van der Waals surface area contributed by atoms with Gasteiger partial charge in [0.25, 0.3) is 5.91 Å². The molecule has 1 atom stereocenters. The van der Waals surface area contributed by atoms with Gasteiger partial charge in [-0.2, -0.15) is 0 Å². The number of piperidine rings is 1. The molecule has 1 amide bonds. The third-order valence-electron chi connectivity index (χ3n) is 7.31. The minimum Gasteiger partial charge on any atom is -0.493 e.